The Morgan fingerprint density at radius 1 is 0.867 bits per heavy atom. The number of benzene rings is 3. The average molecular weight is 403 g/mol. The number of ether oxygens (including phenoxy) is 1. The molecule has 1 aliphatic heterocycles. The first-order valence-electron chi connectivity index (χ1n) is 8.62. The lowest BCUT2D eigenvalue weighted by atomic mass is 10.1. The van der Waals surface area contributed by atoms with Crippen molar-refractivity contribution in [2.45, 2.75) is 0 Å². The van der Waals surface area contributed by atoms with E-state index in [1.165, 1.54) is 60.7 Å². The number of anilines is 1. The number of carboxylic acid groups (broad SMARTS) is 1. The quantitative estimate of drug-likeness (QED) is 0.363. The molecular formula is C21H11N2O7-. The minimum atomic E-state index is -1.32. The summed E-state index contributed by atoms with van der Waals surface area (Å²) in [4.78, 5) is 47.6. The molecule has 0 aliphatic carbocycles. The van der Waals surface area contributed by atoms with E-state index in [4.69, 9.17) is 4.74 Å². The van der Waals surface area contributed by atoms with E-state index in [-0.39, 0.29) is 33.8 Å². The summed E-state index contributed by atoms with van der Waals surface area (Å²) in [5.74, 6) is -1.96. The number of nitro groups is 1. The van der Waals surface area contributed by atoms with Gasteiger partial charge in [-0.05, 0) is 54.1 Å². The van der Waals surface area contributed by atoms with E-state index >= 15 is 0 Å². The molecule has 0 saturated carbocycles. The molecule has 1 heterocycles. The zero-order valence-corrected chi connectivity index (χ0v) is 15.1. The number of amides is 2. The van der Waals surface area contributed by atoms with Crippen LogP contribution in [-0.4, -0.2) is 22.7 Å². The number of nitro benzene ring substituents is 1. The number of carbonyl (C=O) groups is 3. The third kappa shape index (κ3) is 3.24. The summed E-state index contributed by atoms with van der Waals surface area (Å²) < 4.78 is 5.63. The topological polar surface area (TPSA) is 130 Å². The lowest BCUT2D eigenvalue weighted by Crippen LogP contribution is -2.29. The van der Waals surface area contributed by atoms with Gasteiger partial charge >= 0.3 is 0 Å². The van der Waals surface area contributed by atoms with Gasteiger partial charge < -0.3 is 14.6 Å². The van der Waals surface area contributed by atoms with Crippen molar-refractivity contribution >= 4 is 29.2 Å². The van der Waals surface area contributed by atoms with Crippen LogP contribution in [0.2, 0.25) is 0 Å². The largest absolute Gasteiger partial charge is 0.545 e. The van der Waals surface area contributed by atoms with Crippen LogP contribution >= 0.6 is 0 Å². The SMILES string of the molecule is O=C([O-])c1ccc(Oc2ccc3c(c2)C(=O)N(c2cccc([N+](=O)[O-])c2)C3=O)cc1. The van der Waals surface area contributed by atoms with Crippen molar-refractivity contribution in [3.8, 4) is 11.5 Å². The second-order valence-corrected chi connectivity index (χ2v) is 6.34. The molecule has 3 aromatic carbocycles. The number of imide groups is 1. The molecule has 2 amide bonds. The summed E-state index contributed by atoms with van der Waals surface area (Å²) in [5, 5.41) is 21.8. The van der Waals surface area contributed by atoms with Crippen molar-refractivity contribution in [1.29, 1.82) is 0 Å². The molecule has 0 N–H and O–H groups in total. The Morgan fingerprint density at radius 2 is 1.53 bits per heavy atom. The van der Waals surface area contributed by atoms with Gasteiger partial charge in [0.25, 0.3) is 17.5 Å². The smallest absolute Gasteiger partial charge is 0.271 e. The highest BCUT2D eigenvalue weighted by Crippen LogP contribution is 2.33. The van der Waals surface area contributed by atoms with Crippen LogP contribution in [0.4, 0.5) is 11.4 Å². The van der Waals surface area contributed by atoms with E-state index in [0.717, 1.165) is 11.0 Å². The maximum absolute atomic E-state index is 12.8. The van der Waals surface area contributed by atoms with Gasteiger partial charge in [-0.1, -0.05) is 6.07 Å². The fourth-order valence-corrected chi connectivity index (χ4v) is 3.06. The molecule has 0 saturated heterocycles. The Hall–Kier alpha value is -4.53. The van der Waals surface area contributed by atoms with Crippen LogP contribution in [0.15, 0.2) is 66.7 Å². The molecule has 0 unspecified atom stereocenters. The highest BCUT2D eigenvalue weighted by atomic mass is 16.6. The van der Waals surface area contributed by atoms with E-state index in [9.17, 15) is 29.6 Å². The number of carboxylic acids is 1. The lowest BCUT2D eigenvalue weighted by molar-refractivity contribution is -0.384. The Balaban J connectivity index is 1.63. The van der Waals surface area contributed by atoms with Crippen LogP contribution < -0.4 is 14.7 Å². The molecule has 1 aliphatic rings. The monoisotopic (exact) mass is 403 g/mol. The third-order valence-corrected chi connectivity index (χ3v) is 4.48. The van der Waals surface area contributed by atoms with Crippen molar-refractivity contribution in [2.75, 3.05) is 4.90 Å². The van der Waals surface area contributed by atoms with Gasteiger partial charge in [0.15, 0.2) is 0 Å². The summed E-state index contributed by atoms with van der Waals surface area (Å²) in [6, 6.07) is 15.0. The molecule has 9 nitrogen and oxygen atoms in total. The zero-order valence-electron chi connectivity index (χ0n) is 15.1. The molecule has 30 heavy (non-hydrogen) atoms. The van der Waals surface area contributed by atoms with Crippen LogP contribution in [0.1, 0.15) is 31.1 Å². The number of rotatable bonds is 5. The minimum absolute atomic E-state index is 0.00956. The highest BCUT2D eigenvalue weighted by Gasteiger charge is 2.37. The van der Waals surface area contributed by atoms with Gasteiger partial charge in [0.2, 0.25) is 0 Å². The fourth-order valence-electron chi connectivity index (χ4n) is 3.06. The molecule has 148 valence electrons. The number of non-ortho nitro benzene ring substituents is 1. The molecule has 0 spiro atoms. The number of hydrogen-bond donors (Lipinski definition) is 0. The van der Waals surface area contributed by atoms with Gasteiger partial charge in [-0.2, -0.15) is 0 Å². The first-order chi connectivity index (χ1) is 14.3. The second-order valence-electron chi connectivity index (χ2n) is 6.34. The maximum Gasteiger partial charge on any atom is 0.271 e. The summed E-state index contributed by atoms with van der Waals surface area (Å²) >= 11 is 0. The van der Waals surface area contributed by atoms with Gasteiger partial charge in [-0.25, -0.2) is 4.90 Å². The molecule has 3 aromatic rings. The van der Waals surface area contributed by atoms with Crippen LogP contribution in [0.5, 0.6) is 11.5 Å². The van der Waals surface area contributed by atoms with Gasteiger partial charge in [0, 0.05) is 12.1 Å². The number of fused-ring (bicyclic) bond motifs is 1. The number of hydrogen-bond acceptors (Lipinski definition) is 7. The van der Waals surface area contributed by atoms with E-state index in [1.807, 2.05) is 0 Å². The normalized spacial score (nSPS) is 12.6. The molecule has 4 rings (SSSR count). The summed E-state index contributed by atoms with van der Waals surface area (Å²) in [7, 11) is 0. The molecule has 9 heteroatoms. The molecule has 0 aromatic heterocycles. The van der Waals surface area contributed by atoms with Crippen LogP contribution in [0.3, 0.4) is 0 Å². The summed E-state index contributed by atoms with van der Waals surface area (Å²) in [5.41, 5.74) is 0.0787. The first kappa shape index (κ1) is 18.8. The summed E-state index contributed by atoms with van der Waals surface area (Å²) in [6.45, 7) is 0. The fraction of sp³-hybridized carbons (Fsp3) is 0. The van der Waals surface area contributed by atoms with Gasteiger partial charge in [0.1, 0.15) is 11.5 Å². The van der Waals surface area contributed by atoms with Crippen molar-refractivity contribution in [3.63, 3.8) is 0 Å². The predicted octanol–water partition coefficient (Wildman–Crippen LogP) is 2.55. The number of carbonyl (C=O) groups excluding carboxylic acids is 3. The maximum atomic E-state index is 12.8. The zero-order chi connectivity index (χ0) is 21.4. The van der Waals surface area contributed by atoms with E-state index < -0.39 is 22.7 Å². The number of aromatic carboxylic acids is 1. The standard InChI is InChI=1S/C21H12N2O7/c24-19-17-9-8-16(30-15-6-4-12(5-7-15)21(26)27)11-18(17)20(25)22(19)13-2-1-3-14(10-13)23(28)29/h1-11H,(H,26,27)/p-1. The Bertz CT molecular complexity index is 1220. The average Bonchev–Trinajstić information content (AvgIpc) is 2.98. The second kappa shape index (κ2) is 7.13. The Morgan fingerprint density at radius 3 is 2.20 bits per heavy atom. The minimum Gasteiger partial charge on any atom is -0.545 e. The Labute approximate surface area is 168 Å². The first-order valence-corrected chi connectivity index (χ1v) is 8.62. The van der Waals surface area contributed by atoms with Crippen molar-refractivity contribution in [3.05, 3.63) is 93.5 Å². The predicted molar refractivity (Wildman–Crippen MR) is 102 cm³/mol. The van der Waals surface area contributed by atoms with Crippen LogP contribution in [0.25, 0.3) is 0 Å². The van der Waals surface area contributed by atoms with Crippen LogP contribution in [-0.2, 0) is 0 Å². The van der Waals surface area contributed by atoms with Gasteiger partial charge in [-0.3, -0.25) is 19.7 Å². The molecular weight excluding hydrogens is 392 g/mol. The van der Waals surface area contributed by atoms with Crippen molar-refractivity contribution in [1.82, 2.24) is 0 Å². The van der Waals surface area contributed by atoms with Crippen molar-refractivity contribution in [2.24, 2.45) is 0 Å². The van der Waals surface area contributed by atoms with Gasteiger partial charge in [0.05, 0.1) is 27.7 Å². The number of nitrogens with zero attached hydrogens (tertiary/aromatic N) is 2. The van der Waals surface area contributed by atoms with Gasteiger partial charge in [-0.15, -0.1) is 0 Å². The molecule has 0 bridgehead atoms. The lowest BCUT2D eigenvalue weighted by Gasteiger charge is -2.13. The molecule has 0 fully saturated rings. The molecule has 0 radical (unpaired) electrons. The van der Waals surface area contributed by atoms with E-state index in [1.54, 1.807) is 0 Å². The summed E-state index contributed by atoms with van der Waals surface area (Å²) in [6.07, 6.45) is 0. The van der Waals surface area contributed by atoms with E-state index in [0.29, 0.717) is 5.75 Å². The highest BCUT2D eigenvalue weighted by molar-refractivity contribution is 6.34. The van der Waals surface area contributed by atoms with Crippen molar-refractivity contribution < 1.29 is 29.2 Å². The third-order valence-electron chi connectivity index (χ3n) is 4.48. The molecule has 0 atom stereocenters. The van der Waals surface area contributed by atoms with E-state index in [2.05, 4.69) is 0 Å². The Kier molecular flexibility index (Phi) is 4.47. The van der Waals surface area contributed by atoms with Crippen LogP contribution in [0, 0.1) is 10.1 Å².